The molecule has 1 aliphatic heterocycles. The van der Waals surface area contributed by atoms with Crippen LogP contribution in [-0.4, -0.2) is 34.6 Å². The Morgan fingerprint density at radius 3 is 2.49 bits per heavy atom. The number of fused-ring (bicyclic) bond motifs is 1. The number of alkyl halides is 3. The summed E-state index contributed by atoms with van der Waals surface area (Å²) in [4.78, 5) is 28.7. The summed E-state index contributed by atoms with van der Waals surface area (Å²) in [6.07, 6.45) is -1.30. The Morgan fingerprint density at radius 1 is 1.05 bits per heavy atom. The Hall–Kier alpha value is -3.95. The van der Waals surface area contributed by atoms with Gasteiger partial charge in [0.05, 0.1) is 17.6 Å². The van der Waals surface area contributed by atoms with E-state index in [2.05, 4.69) is 20.7 Å². The number of amides is 2. The highest BCUT2D eigenvalue weighted by molar-refractivity contribution is 6.12. The number of nitrogens with zero attached hydrogens (tertiary/aromatic N) is 3. The topological polar surface area (TPSA) is 86.7 Å². The molecule has 37 heavy (non-hydrogen) atoms. The third-order valence-electron chi connectivity index (χ3n) is 6.66. The molecule has 1 fully saturated rings. The third-order valence-corrected chi connectivity index (χ3v) is 6.66. The van der Waals surface area contributed by atoms with Gasteiger partial charge in [0.1, 0.15) is 5.69 Å². The lowest BCUT2D eigenvalue weighted by Gasteiger charge is -2.31. The van der Waals surface area contributed by atoms with E-state index in [1.165, 1.54) is 5.01 Å². The first-order chi connectivity index (χ1) is 17.7. The lowest BCUT2D eigenvalue weighted by atomic mass is 9.90. The van der Waals surface area contributed by atoms with Gasteiger partial charge < -0.3 is 10.6 Å². The van der Waals surface area contributed by atoms with E-state index in [1.54, 1.807) is 55.5 Å². The number of halogens is 3. The molecule has 1 aliphatic carbocycles. The molecule has 1 aromatic heterocycles. The van der Waals surface area contributed by atoms with Gasteiger partial charge in [-0.25, -0.2) is 9.99 Å². The average molecular weight is 510 g/mol. The minimum absolute atomic E-state index is 0.101. The molecular formula is C27H26F3N5O2. The Morgan fingerprint density at radius 2 is 1.78 bits per heavy atom. The number of anilines is 2. The second-order valence-corrected chi connectivity index (χ2v) is 9.51. The highest BCUT2D eigenvalue weighted by Crippen LogP contribution is 2.34. The van der Waals surface area contributed by atoms with Gasteiger partial charge in [0.15, 0.2) is 0 Å². The predicted octanol–water partition coefficient (Wildman–Crippen LogP) is 5.52. The van der Waals surface area contributed by atoms with Gasteiger partial charge in [-0.1, -0.05) is 18.2 Å². The van der Waals surface area contributed by atoms with E-state index in [-0.39, 0.29) is 35.8 Å². The van der Waals surface area contributed by atoms with E-state index in [9.17, 15) is 22.8 Å². The first-order valence-corrected chi connectivity index (χ1v) is 12.2. The smallest absolute Gasteiger partial charge is 0.382 e. The summed E-state index contributed by atoms with van der Waals surface area (Å²) in [6.45, 7) is 1.79. The average Bonchev–Trinajstić information content (AvgIpc) is 3.21. The van der Waals surface area contributed by atoms with Crippen molar-refractivity contribution in [2.75, 3.05) is 10.3 Å². The normalized spacial score (nSPS) is 20.2. The number of aromatic nitrogens is 1. The monoisotopic (exact) mass is 509 g/mol. The Bertz CT molecular complexity index is 1370. The number of carbonyl (C=O) groups is 2. The minimum atomic E-state index is -4.55. The van der Waals surface area contributed by atoms with E-state index in [0.29, 0.717) is 28.7 Å². The van der Waals surface area contributed by atoms with Crippen LogP contribution in [0.3, 0.4) is 0 Å². The number of rotatable bonds is 5. The number of nitrogens with one attached hydrogen (secondary N) is 2. The van der Waals surface area contributed by atoms with Crippen molar-refractivity contribution in [3.8, 4) is 0 Å². The SMILES string of the molecule is CC1=NN(c2ccc(C(=O)N[C@@H]3CCC[C@H](Nc4cc(C(F)(F)F)nc5ccccc45)C3)cc2)C(=O)C1. The fourth-order valence-electron chi connectivity index (χ4n) is 4.89. The quantitative estimate of drug-likeness (QED) is 0.474. The van der Waals surface area contributed by atoms with Crippen molar-refractivity contribution in [2.45, 2.75) is 57.3 Å². The molecule has 0 saturated heterocycles. The first kappa shape index (κ1) is 24.7. The molecule has 2 N–H and O–H groups in total. The van der Waals surface area contributed by atoms with Crippen LogP contribution >= 0.6 is 0 Å². The van der Waals surface area contributed by atoms with Crippen LogP contribution in [0.4, 0.5) is 24.5 Å². The molecule has 2 aromatic carbocycles. The van der Waals surface area contributed by atoms with Gasteiger partial charge in [0, 0.05) is 34.4 Å². The summed E-state index contributed by atoms with van der Waals surface area (Å²) in [5, 5.41) is 12.5. The van der Waals surface area contributed by atoms with Crippen molar-refractivity contribution in [3.05, 3.63) is 65.9 Å². The molecule has 10 heteroatoms. The number of hydrogen-bond donors (Lipinski definition) is 2. The molecule has 2 atom stereocenters. The predicted molar refractivity (Wildman–Crippen MR) is 136 cm³/mol. The number of benzene rings is 2. The summed E-state index contributed by atoms with van der Waals surface area (Å²) >= 11 is 0. The van der Waals surface area contributed by atoms with Gasteiger partial charge >= 0.3 is 6.18 Å². The van der Waals surface area contributed by atoms with Crippen LogP contribution in [0.1, 0.15) is 55.1 Å². The van der Waals surface area contributed by atoms with E-state index < -0.39 is 11.9 Å². The first-order valence-electron chi connectivity index (χ1n) is 12.2. The molecule has 0 radical (unpaired) electrons. The lowest BCUT2D eigenvalue weighted by Crippen LogP contribution is -2.41. The van der Waals surface area contributed by atoms with Crippen LogP contribution in [0.15, 0.2) is 59.7 Å². The van der Waals surface area contributed by atoms with E-state index in [0.717, 1.165) is 31.0 Å². The molecular weight excluding hydrogens is 483 g/mol. The number of hydrazone groups is 1. The molecule has 2 heterocycles. The summed E-state index contributed by atoms with van der Waals surface area (Å²) in [7, 11) is 0. The molecule has 2 aliphatic rings. The van der Waals surface area contributed by atoms with Crippen molar-refractivity contribution < 1.29 is 22.8 Å². The number of hydrogen-bond acceptors (Lipinski definition) is 5. The summed E-state index contributed by atoms with van der Waals surface area (Å²) in [6, 6.07) is 14.3. The van der Waals surface area contributed by atoms with Crippen LogP contribution in [-0.2, 0) is 11.0 Å². The van der Waals surface area contributed by atoms with Crippen molar-refractivity contribution >= 4 is 39.8 Å². The second kappa shape index (κ2) is 9.84. The maximum atomic E-state index is 13.4. The van der Waals surface area contributed by atoms with Gasteiger partial charge in [-0.2, -0.15) is 18.3 Å². The Labute approximate surface area is 211 Å². The Balaban J connectivity index is 1.26. The zero-order chi connectivity index (χ0) is 26.2. The molecule has 192 valence electrons. The fourth-order valence-corrected chi connectivity index (χ4v) is 4.89. The van der Waals surface area contributed by atoms with Crippen LogP contribution in [0.5, 0.6) is 0 Å². The van der Waals surface area contributed by atoms with E-state index in [4.69, 9.17) is 0 Å². The maximum absolute atomic E-state index is 13.4. The largest absolute Gasteiger partial charge is 0.433 e. The fraction of sp³-hybridized carbons (Fsp3) is 0.333. The minimum Gasteiger partial charge on any atom is -0.382 e. The molecule has 0 bridgehead atoms. The molecule has 2 amide bonds. The van der Waals surface area contributed by atoms with Crippen molar-refractivity contribution in [3.63, 3.8) is 0 Å². The van der Waals surface area contributed by atoms with Gasteiger partial charge in [-0.3, -0.25) is 9.59 Å². The molecule has 7 nitrogen and oxygen atoms in total. The molecule has 3 aromatic rings. The van der Waals surface area contributed by atoms with Gasteiger partial charge in [0.25, 0.3) is 11.8 Å². The number of para-hydroxylation sites is 1. The second-order valence-electron chi connectivity index (χ2n) is 9.51. The Kier molecular flexibility index (Phi) is 6.57. The summed E-state index contributed by atoms with van der Waals surface area (Å²) in [5.41, 5.74) is 1.53. The zero-order valence-corrected chi connectivity index (χ0v) is 20.2. The number of pyridine rings is 1. The van der Waals surface area contributed by atoms with Gasteiger partial charge in [-0.15, -0.1) is 0 Å². The summed E-state index contributed by atoms with van der Waals surface area (Å²) < 4.78 is 40.3. The summed E-state index contributed by atoms with van der Waals surface area (Å²) in [5.74, 6) is -0.349. The highest BCUT2D eigenvalue weighted by atomic mass is 19.4. The van der Waals surface area contributed by atoms with Crippen molar-refractivity contribution in [1.82, 2.24) is 10.3 Å². The molecule has 1 saturated carbocycles. The van der Waals surface area contributed by atoms with Crippen LogP contribution in [0.25, 0.3) is 10.9 Å². The molecule has 0 unspecified atom stereocenters. The van der Waals surface area contributed by atoms with Gasteiger partial charge in [0.2, 0.25) is 0 Å². The van der Waals surface area contributed by atoms with Gasteiger partial charge in [-0.05, 0) is 69.0 Å². The highest BCUT2D eigenvalue weighted by Gasteiger charge is 2.34. The third kappa shape index (κ3) is 5.42. The molecule has 5 rings (SSSR count). The van der Waals surface area contributed by atoms with Crippen molar-refractivity contribution in [2.24, 2.45) is 5.10 Å². The lowest BCUT2D eigenvalue weighted by molar-refractivity contribution is -0.140. The zero-order valence-electron chi connectivity index (χ0n) is 20.2. The molecule has 0 spiro atoms. The van der Waals surface area contributed by atoms with Crippen LogP contribution in [0.2, 0.25) is 0 Å². The van der Waals surface area contributed by atoms with Crippen LogP contribution in [0, 0.1) is 0 Å². The van der Waals surface area contributed by atoms with Crippen LogP contribution < -0.4 is 15.6 Å². The van der Waals surface area contributed by atoms with E-state index >= 15 is 0 Å². The van der Waals surface area contributed by atoms with E-state index in [1.807, 2.05) is 0 Å². The maximum Gasteiger partial charge on any atom is 0.433 e. The van der Waals surface area contributed by atoms with Crippen molar-refractivity contribution in [1.29, 1.82) is 0 Å². The number of carbonyl (C=O) groups excluding carboxylic acids is 2. The standard InChI is InChI=1S/C27H26F3N5O2/c1-16-13-25(36)35(34-16)20-11-9-17(10-12-20)26(37)32-19-6-4-5-18(14-19)31-23-15-24(27(28,29)30)33-22-8-3-2-7-21(22)23/h2-3,7-12,15,18-19H,4-6,13-14H2,1H3,(H,31,33)(H,32,37)/t18-,19+/m0/s1.